The van der Waals surface area contributed by atoms with Crippen molar-refractivity contribution in [3.05, 3.63) is 29.3 Å². The second-order valence-corrected chi connectivity index (χ2v) is 5.84. The molecule has 3 nitrogen and oxygen atoms in total. The van der Waals surface area contributed by atoms with Crippen LogP contribution in [-0.4, -0.2) is 38.2 Å². The summed E-state index contributed by atoms with van der Waals surface area (Å²) in [6.07, 6.45) is 1.21. The van der Waals surface area contributed by atoms with Gasteiger partial charge in [0.15, 0.2) is 0 Å². The lowest BCUT2D eigenvalue weighted by Gasteiger charge is -2.39. The molecule has 0 saturated carbocycles. The number of aryl methyl sites for hydroxylation is 1. The highest BCUT2D eigenvalue weighted by molar-refractivity contribution is 5.85. The van der Waals surface area contributed by atoms with E-state index in [0.29, 0.717) is 12.0 Å². The highest BCUT2D eigenvalue weighted by Gasteiger charge is 2.27. The predicted octanol–water partition coefficient (Wildman–Crippen LogP) is 3.84. The minimum atomic E-state index is 0. The summed E-state index contributed by atoms with van der Waals surface area (Å²) in [4.78, 5) is 2.64. The van der Waals surface area contributed by atoms with Crippen molar-refractivity contribution in [1.29, 1.82) is 0 Å². The molecule has 1 aliphatic heterocycles. The first kappa shape index (κ1) is 21.5. The lowest BCUT2D eigenvalue weighted by Crippen LogP contribution is -2.46. The van der Waals surface area contributed by atoms with Gasteiger partial charge in [-0.25, -0.2) is 0 Å². The molecule has 1 saturated heterocycles. The van der Waals surface area contributed by atoms with Gasteiger partial charge in [0.2, 0.25) is 0 Å². The Morgan fingerprint density at radius 1 is 1.23 bits per heavy atom. The van der Waals surface area contributed by atoms with Crippen LogP contribution in [0.3, 0.4) is 0 Å². The summed E-state index contributed by atoms with van der Waals surface area (Å²) in [5, 5.41) is 3.45. The van der Waals surface area contributed by atoms with Gasteiger partial charge in [0.05, 0.1) is 7.11 Å². The third-order valence-electron chi connectivity index (χ3n) is 4.52. The summed E-state index contributed by atoms with van der Waals surface area (Å²) in [5.74, 6) is 1.62. The molecule has 0 radical (unpaired) electrons. The van der Waals surface area contributed by atoms with Crippen LogP contribution in [0.2, 0.25) is 0 Å². The third kappa shape index (κ3) is 5.02. The molecule has 2 atom stereocenters. The topological polar surface area (TPSA) is 24.5 Å². The summed E-state index contributed by atoms with van der Waals surface area (Å²) < 4.78 is 5.34. The van der Waals surface area contributed by atoms with Crippen molar-refractivity contribution in [3.8, 4) is 5.75 Å². The summed E-state index contributed by atoms with van der Waals surface area (Å²) in [6.45, 7) is 11.3. The Hall–Kier alpha value is -0.480. The van der Waals surface area contributed by atoms with E-state index in [-0.39, 0.29) is 24.8 Å². The quantitative estimate of drug-likeness (QED) is 0.874. The van der Waals surface area contributed by atoms with Gasteiger partial charge in [-0.1, -0.05) is 26.3 Å². The van der Waals surface area contributed by atoms with E-state index in [9.17, 15) is 0 Å². The lowest BCUT2D eigenvalue weighted by atomic mass is 9.88. The van der Waals surface area contributed by atoms with E-state index in [4.69, 9.17) is 4.74 Å². The molecule has 1 fully saturated rings. The van der Waals surface area contributed by atoms with Crippen molar-refractivity contribution in [2.24, 2.45) is 5.92 Å². The molecule has 1 aromatic rings. The van der Waals surface area contributed by atoms with Crippen molar-refractivity contribution >= 4 is 24.8 Å². The number of piperazine rings is 1. The van der Waals surface area contributed by atoms with E-state index in [1.807, 2.05) is 0 Å². The van der Waals surface area contributed by atoms with E-state index in [2.05, 4.69) is 49.2 Å². The smallest absolute Gasteiger partial charge is 0.119 e. The standard InChI is InChI=1S/C17H28N2O.2ClH/c1-5-13(2)17(19-10-8-18-9-11-19)16-7-6-15(20-4)12-14(16)3;;/h6-7,12-13,17-18H,5,8-11H2,1-4H3;2*1H/t13?,17-;;/m1../s1. The zero-order chi connectivity index (χ0) is 14.5. The van der Waals surface area contributed by atoms with E-state index in [1.165, 1.54) is 17.5 Å². The Morgan fingerprint density at radius 2 is 1.86 bits per heavy atom. The molecule has 128 valence electrons. The van der Waals surface area contributed by atoms with Gasteiger partial charge in [0.1, 0.15) is 5.75 Å². The lowest BCUT2D eigenvalue weighted by molar-refractivity contribution is 0.128. The summed E-state index contributed by atoms with van der Waals surface area (Å²) in [6, 6.07) is 7.04. The molecule has 0 aromatic heterocycles. The zero-order valence-electron chi connectivity index (χ0n) is 14.1. The van der Waals surface area contributed by atoms with Crippen molar-refractivity contribution in [3.63, 3.8) is 0 Å². The number of rotatable bonds is 5. The molecule has 1 aliphatic rings. The number of nitrogens with zero attached hydrogens (tertiary/aromatic N) is 1. The van der Waals surface area contributed by atoms with Crippen LogP contribution in [0.1, 0.15) is 37.4 Å². The van der Waals surface area contributed by atoms with E-state index < -0.39 is 0 Å². The molecule has 0 aliphatic carbocycles. The molecular formula is C17H30Cl2N2O. The van der Waals surface area contributed by atoms with Gasteiger partial charge in [-0.3, -0.25) is 4.90 Å². The van der Waals surface area contributed by atoms with Gasteiger partial charge >= 0.3 is 0 Å². The Morgan fingerprint density at radius 3 is 2.36 bits per heavy atom. The maximum atomic E-state index is 5.34. The van der Waals surface area contributed by atoms with Gasteiger partial charge in [-0.05, 0) is 36.1 Å². The average molecular weight is 349 g/mol. The van der Waals surface area contributed by atoms with Gasteiger partial charge < -0.3 is 10.1 Å². The van der Waals surface area contributed by atoms with E-state index in [1.54, 1.807) is 7.11 Å². The van der Waals surface area contributed by atoms with Crippen molar-refractivity contribution in [2.45, 2.75) is 33.2 Å². The summed E-state index contributed by atoms with van der Waals surface area (Å²) in [5.41, 5.74) is 2.80. The van der Waals surface area contributed by atoms with Crippen LogP contribution < -0.4 is 10.1 Å². The second-order valence-electron chi connectivity index (χ2n) is 5.84. The maximum absolute atomic E-state index is 5.34. The Kier molecular flexibility index (Phi) is 10.1. The molecule has 0 bridgehead atoms. The second kappa shape index (κ2) is 10.3. The van der Waals surface area contributed by atoms with E-state index in [0.717, 1.165) is 31.9 Å². The number of methoxy groups -OCH3 is 1. The highest BCUT2D eigenvalue weighted by atomic mass is 35.5. The highest BCUT2D eigenvalue weighted by Crippen LogP contribution is 2.34. The van der Waals surface area contributed by atoms with Crippen molar-refractivity contribution < 1.29 is 4.74 Å². The molecule has 1 unspecified atom stereocenters. The van der Waals surface area contributed by atoms with Crippen molar-refractivity contribution in [2.75, 3.05) is 33.3 Å². The molecule has 1 N–H and O–H groups in total. The monoisotopic (exact) mass is 348 g/mol. The van der Waals surface area contributed by atoms with E-state index >= 15 is 0 Å². The normalized spacial score (nSPS) is 17.8. The van der Waals surface area contributed by atoms with Crippen LogP contribution in [0.15, 0.2) is 18.2 Å². The third-order valence-corrected chi connectivity index (χ3v) is 4.52. The molecule has 0 amide bonds. The number of benzene rings is 1. The molecule has 0 spiro atoms. The first-order valence-electron chi connectivity index (χ1n) is 7.76. The Labute approximate surface area is 147 Å². The Bertz CT molecular complexity index is 437. The molecule has 1 heterocycles. The van der Waals surface area contributed by atoms with Crippen LogP contribution in [0, 0.1) is 12.8 Å². The van der Waals surface area contributed by atoms with Crippen LogP contribution in [-0.2, 0) is 0 Å². The Balaban J connectivity index is 0.00000220. The first-order chi connectivity index (χ1) is 9.67. The summed E-state index contributed by atoms with van der Waals surface area (Å²) in [7, 11) is 1.73. The molecule has 1 aromatic carbocycles. The SMILES string of the molecule is CCC(C)[C@H](c1ccc(OC)cc1C)N1CCNCC1.Cl.Cl. The predicted molar refractivity (Wildman–Crippen MR) is 98.9 cm³/mol. The van der Waals surface area contributed by atoms with Gasteiger partial charge in [0, 0.05) is 32.2 Å². The minimum absolute atomic E-state index is 0. The molecule has 22 heavy (non-hydrogen) atoms. The fourth-order valence-corrected chi connectivity index (χ4v) is 3.15. The first-order valence-corrected chi connectivity index (χ1v) is 7.76. The summed E-state index contributed by atoms with van der Waals surface area (Å²) >= 11 is 0. The molecular weight excluding hydrogens is 319 g/mol. The number of hydrogen-bond acceptors (Lipinski definition) is 3. The van der Waals surface area contributed by atoms with Crippen LogP contribution in [0.4, 0.5) is 0 Å². The van der Waals surface area contributed by atoms with Crippen LogP contribution >= 0.6 is 24.8 Å². The number of hydrogen-bond donors (Lipinski definition) is 1. The maximum Gasteiger partial charge on any atom is 0.119 e. The van der Waals surface area contributed by atoms with Crippen LogP contribution in [0.5, 0.6) is 5.75 Å². The van der Waals surface area contributed by atoms with Gasteiger partial charge in [-0.15, -0.1) is 24.8 Å². The van der Waals surface area contributed by atoms with Crippen molar-refractivity contribution in [1.82, 2.24) is 10.2 Å². The number of halogens is 2. The fraction of sp³-hybridized carbons (Fsp3) is 0.647. The number of ether oxygens (including phenoxy) is 1. The number of nitrogens with one attached hydrogen (secondary N) is 1. The average Bonchev–Trinajstić information content (AvgIpc) is 2.50. The zero-order valence-corrected chi connectivity index (χ0v) is 15.7. The largest absolute Gasteiger partial charge is 0.497 e. The van der Waals surface area contributed by atoms with Crippen LogP contribution in [0.25, 0.3) is 0 Å². The molecule has 5 heteroatoms. The van der Waals surface area contributed by atoms with Gasteiger partial charge in [-0.2, -0.15) is 0 Å². The molecule has 2 rings (SSSR count). The fourth-order valence-electron chi connectivity index (χ4n) is 3.15. The minimum Gasteiger partial charge on any atom is -0.497 e. The van der Waals surface area contributed by atoms with Gasteiger partial charge in [0.25, 0.3) is 0 Å².